The van der Waals surface area contributed by atoms with Crippen molar-refractivity contribution in [3.05, 3.63) is 78.0 Å². The lowest BCUT2D eigenvalue weighted by Crippen LogP contribution is -2.07. The van der Waals surface area contributed by atoms with Crippen LogP contribution in [0.5, 0.6) is 0 Å². The van der Waals surface area contributed by atoms with Gasteiger partial charge in [-0.1, -0.05) is 48.5 Å². The number of rotatable bonds is 3. The number of fused-ring (bicyclic) bond motifs is 3. The molecule has 26 heavy (non-hydrogen) atoms. The summed E-state index contributed by atoms with van der Waals surface area (Å²) in [5.74, 6) is 0. The molecular weight excluding hydrogens is 318 g/mol. The van der Waals surface area contributed by atoms with E-state index in [1.807, 2.05) is 0 Å². The molecule has 0 unspecified atom stereocenters. The molecule has 0 radical (unpaired) electrons. The van der Waals surface area contributed by atoms with E-state index < -0.39 is 0 Å². The highest BCUT2D eigenvalue weighted by molar-refractivity contribution is 6.09. The van der Waals surface area contributed by atoms with E-state index in [4.69, 9.17) is 4.98 Å². The Morgan fingerprint density at radius 3 is 2.27 bits per heavy atom. The van der Waals surface area contributed by atoms with Gasteiger partial charge in [-0.15, -0.1) is 0 Å². The van der Waals surface area contributed by atoms with Crippen molar-refractivity contribution in [2.24, 2.45) is 0 Å². The standard InChI is InChI=1S/C23H19N3/c1-25(2)17-13-10-16(11-14-17)12-15-20-22-9-5-8-21-18-6-3-4-7-19(18)23(24-20)26(21)22/h3-15H,1-2H3/b15-12+. The van der Waals surface area contributed by atoms with E-state index in [1.165, 1.54) is 27.5 Å². The van der Waals surface area contributed by atoms with Crippen molar-refractivity contribution in [2.45, 2.75) is 0 Å². The Bertz CT molecular complexity index is 1240. The lowest BCUT2D eigenvalue weighted by Gasteiger charge is -2.11. The third kappa shape index (κ3) is 2.17. The smallest absolute Gasteiger partial charge is 0.146 e. The number of benzene rings is 2. The maximum atomic E-state index is 4.93. The highest BCUT2D eigenvalue weighted by atomic mass is 15.1. The fourth-order valence-corrected chi connectivity index (χ4v) is 3.63. The second kappa shape index (κ2) is 5.60. The van der Waals surface area contributed by atoms with E-state index >= 15 is 0 Å². The van der Waals surface area contributed by atoms with Gasteiger partial charge in [0.25, 0.3) is 0 Å². The largest absolute Gasteiger partial charge is 0.378 e. The normalized spacial score (nSPS) is 12.1. The fraction of sp³-hybridized carbons (Fsp3) is 0.0870. The number of hydrogen-bond acceptors (Lipinski definition) is 2. The van der Waals surface area contributed by atoms with Gasteiger partial charge in [0, 0.05) is 30.6 Å². The van der Waals surface area contributed by atoms with Gasteiger partial charge in [-0.2, -0.15) is 0 Å². The molecule has 0 bridgehead atoms. The van der Waals surface area contributed by atoms with Crippen LogP contribution in [0.1, 0.15) is 11.3 Å². The molecule has 0 N–H and O–H groups in total. The van der Waals surface area contributed by atoms with Crippen molar-refractivity contribution in [2.75, 3.05) is 19.0 Å². The van der Waals surface area contributed by atoms with Gasteiger partial charge < -0.3 is 4.90 Å². The molecule has 3 nitrogen and oxygen atoms in total. The summed E-state index contributed by atoms with van der Waals surface area (Å²) in [5, 5.41) is 2.47. The number of nitrogens with zero attached hydrogens (tertiary/aromatic N) is 3. The van der Waals surface area contributed by atoms with Crippen LogP contribution in [0.25, 0.3) is 39.6 Å². The molecule has 3 heterocycles. The third-order valence-corrected chi connectivity index (χ3v) is 4.98. The van der Waals surface area contributed by atoms with Crippen molar-refractivity contribution in [3.8, 4) is 0 Å². The average Bonchev–Trinajstić information content (AvgIpc) is 3.20. The topological polar surface area (TPSA) is 20.5 Å². The van der Waals surface area contributed by atoms with Crippen LogP contribution in [0.15, 0.2) is 66.7 Å². The van der Waals surface area contributed by atoms with E-state index in [1.54, 1.807) is 0 Å². The third-order valence-electron chi connectivity index (χ3n) is 4.98. The van der Waals surface area contributed by atoms with E-state index in [0.29, 0.717) is 0 Å². The number of aromatic nitrogens is 2. The minimum absolute atomic E-state index is 1.01. The van der Waals surface area contributed by atoms with Crippen LogP contribution >= 0.6 is 0 Å². The first-order valence-electron chi connectivity index (χ1n) is 8.79. The zero-order valence-corrected chi connectivity index (χ0v) is 14.8. The predicted molar refractivity (Wildman–Crippen MR) is 111 cm³/mol. The molecule has 0 aliphatic rings. The molecule has 0 aliphatic heterocycles. The van der Waals surface area contributed by atoms with E-state index in [0.717, 1.165) is 16.9 Å². The molecule has 5 aromatic rings. The Hall–Kier alpha value is -3.33. The quantitative estimate of drug-likeness (QED) is 0.444. The molecule has 0 saturated heterocycles. The van der Waals surface area contributed by atoms with Crippen LogP contribution < -0.4 is 4.90 Å². The Kier molecular flexibility index (Phi) is 3.22. The predicted octanol–water partition coefficient (Wildman–Crippen LogP) is 5.31. The zero-order valence-electron chi connectivity index (χ0n) is 14.8. The molecule has 0 aliphatic carbocycles. The van der Waals surface area contributed by atoms with E-state index in [2.05, 4.69) is 102 Å². The summed E-state index contributed by atoms with van der Waals surface area (Å²) >= 11 is 0. The average molecular weight is 337 g/mol. The monoisotopic (exact) mass is 337 g/mol. The van der Waals surface area contributed by atoms with Crippen LogP contribution in [0.2, 0.25) is 0 Å². The molecular formula is C23H19N3. The fourth-order valence-electron chi connectivity index (χ4n) is 3.63. The molecule has 0 spiro atoms. The summed E-state index contributed by atoms with van der Waals surface area (Å²) in [6.45, 7) is 0. The van der Waals surface area contributed by atoms with Gasteiger partial charge >= 0.3 is 0 Å². The molecule has 0 fully saturated rings. The SMILES string of the molecule is CN(C)c1ccc(/C=C/c2nc3c4ccccc4c4cccc2n43)cc1. The zero-order chi connectivity index (χ0) is 17.7. The summed E-state index contributed by atoms with van der Waals surface area (Å²) in [5.41, 5.74) is 6.78. The van der Waals surface area contributed by atoms with Crippen molar-refractivity contribution >= 4 is 45.3 Å². The molecule has 3 heteroatoms. The lowest BCUT2D eigenvalue weighted by molar-refractivity contribution is 1.13. The number of anilines is 1. The van der Waals surface area contributed by atoms with Crippen LogP contribution in [0, 0.1) is 0 Å². The van der Waals surface area contributed by atoms with Crippen LogP contribution in [0.3, 0.4) is 0 Å². The molecule has 0 atom stereocenters. The summed E-state index contributed by atoms with van der Waals surface area (Å²) in [6.07, 6.45) is 4.24. The van der Waals surface area contributed by atoms with Crippen molar-refractivity contribution < 1.29 is 0 Å². The van der Waals surface area contributed by atoms with Gasteiger partial charge in [-0.3, -0.25) is 4.40 Å². The first-order valence-corrected chi connectivity index (χ1v) is 8.79. The minimum atomic E-state index is 1.01. The van der Waals surface area contributed by atoms with Gasteiger partial charge in [0.1, 0.15) is 5.65 Å². The Morgan fingerprint density at radius 2 is 1.50 bits per heavy atom. The summed E-state index contributed by atoms with van der Waals surface area (Å²) < 4.78 is 2.26. The van der Waals surface area contributed by atoms with Crippen LogP contribution in [-0.4, -0.2) is 23.5 Å². The highest BCUT2D eigenvalue weighted by Gasteiger charge is 2.14. The second-order valence-electron chi connectivity index (χ2n) is 6.82. The Morgan fingerprint density at radius 1 is 0.769 bits per heavy atom. The highest BCUT2D eigenvalue weighted by Crippen LogP contribution is 2.31. The van der Waals surface area contributed by atoms with Gasteiger partial charge in [0.15, 0.2) is 0 Å². The van der Waals surface area contributed by atoms with Gasteiger partial charge in [0.2, 0.25) is 0 Å². The molecule has 3 aromatic heterocycles. The van der Waals surface area contributed by atoms with Gasteiger partial charge in [0.05, 0.1) is 16.7 Å². The maximum Gasteiger partial charge on any atom is 0.146 e. The molecule has 0 saturated carbocycles. The minimum Gasteiger partial charge on any atom is -0.378 e. The lowest BCUT2D eigenvalue weighted by atomic mass is 10.1. The van der Waals surface area contributed by atoms with E-state index in [-0.39, 0.29) is 0 Å². The number of pyridine rings is 1. The van der Waals surface area contributed by atoms with Crippen LogP contribution in [0.4, 0.5) is 5.69 Å². The molecule has 2 aromatic carbocycles. The molecule has 5 rings (SSSR count). The number of hydrogen-bond donors (Lipinski definition) is 0. The van der Waals surface area contributed by atoms with Crippen molar-refractivity contribution in [1.82, 2.24) is 9.38 Å². The van der Waals surface area contributed by atoms with Crippen molar-refractivity contribution in [3.63, 3.8) is 0 Å². The van der Waals surface area contributed by atoms with Crippen LogP contribution in [-0.2, 0) is 0 Å². The first-order chi connectivity index (χ1) is 12.7. The number of imidazole rings is 1. The van der Waals surface area contributed by atoms with Gasteiger partial charge in [-0.05, 0) is 35.9 Å². The summed E-state index contributed by atoms with van der Waals surface area (Å²) in [7, 11) is 4.11. The molecule has 0 amide bonds. The second-order valence-corrected chi connectivity index (χ2v) is 6.82. The van der Waals surface area contributed by atoms with E-state index in [9.17, 15) is 0 Å². The Balaban J connectivity index is 1.62. The summed E-state index contributed by atoms with van der Waals surface area (Å²) in [4.78, 5) is 7.03. The molecule has 126 valence electrons. The maximum absolute atomic E-state index is 4.93. The van der Waals surface area contributed by atoms with Crippen molar-refractivity contribution in [1.29, 1.82) is 0 Å². The first kappa shape index (κ1) is 15.0. The Labute approximate surface area is 152 Å². The summed E-state index contributed by atoms with van der Waals surface area (Å²) in [6, 6.07) is 23.4. The van der Waals surface area contributed by atoms with Gasteiger partial charge in [-0.25, -0.2) is 4.98 Å².